The van der Waals surface area contributed by atoms with Gasteiger partial charge in [-0.25, -0.2) is 27.3 Å². The first-order valence-corrected chi connectivity index (χ1v) is 11.7. The Kier molecular flexibility index (Phi) is 6.59. The molecule has 4 rings (SSSR count). The standard InChI is InChI=1S/C20H21FN8O5S/c1-11(8-16-22-9-13(21)10-23-16)35(30,31)28-20-27-25-18(19-26-24-12(2)34-19)29(20)17-14(32-3)6-5-7-15(17)33-4/h5-7,9-11H,8H2,1-4H3,(H,27,28)/t11-/m1/s1. The van der Waals surface area contributed by atoms with Crippen molar-refractivity contribution in [3.63, 3.8) is 0 Å². The summed E-state index contributed by atoms with van der Waals surface area (Å²) >= 11 is 0. The molecule has 0 saturated carbocycles. The highest BCUT2D eigenvalue weighted by atomic mass is 32.2. The Labute approximate surface area is 199 Å². The third-order valence-electron chi connectivity index (χ3n) is 4.91. The number of sulfonamides is 1. The van der Waals surface area contributed by atoms with Gasteiger partial charge in [0.25, 0.3) is 5.89 Å². The van der Waals surface area contributed by atoms with E-state index in [1.807, 2.05) is 0 Å². The number of ether oxygens (including phenoxy) is 2. The molecule has 13 nitrogen and oxygen atoms in total. The van der Waals surface area contributed by atoms with Gasteiger partial charge in [0, 0.05) is 13.3 Å². The Morgan fingerprint density at radius 1 is 1.09 bits per heavy atom. The second-order valence-corrected chi connectivity index (χ2v) is 9.40. The molecule has 0 spiro atoms. The summed E-state index contributed by atoms with van der Waals surface area (Å²) in [5, 5.41) is 14.9. The van der Waals surface area contributed by atoms with E-state index in [-0.39, 0.29) is 35.8 Å². The summed E-state index contributed by atoms with van der Waals surface area (Å²) in [5.74, 6) is 0.387. The number of methoxy groups -OCH3 is 2. The van der Waals surface area contributed by atoms with Crippen molar-refractivity contribution in [2.45, 2.75) is 25.5 Å². The fourth-order valence-corrected chi connectivity index (χ4v) is 4.14. The van der Waals surface area contributed by atoms with Crippen molar-refractivity contribution in [1.82, 2.24) is 34.9 Å². The highest BCUT2D eigenvalue weighted by molar-refractivity contribution is 7.93. The second kappa shape index (κ2) is 9.61. The normalized spacial score (nSPS) is 12.4. The highest BCUT2D eigenvalue weighted by Crippen LogP contribution is 2.37. The molecule has 0 fully saturated rings. The quantitative estimate of drug-likeness (QED) is 0.355. The van der Waals surface area contributed by atoms with Crippen LogP contribution in [0.2, 0.25) is 0 Å². The van der Waals surface area contributed by atoms with Crippen LogP contribution < -0.4 is 14.2 Å². The van der Waals surface area contributed by atoms with Crippen LogP contribution in [0.25, 0.3) is 17.4 Å². The Hall–Kier alpha value is -4.14. The summed E-state index contributed by atoms with van der Waals surface area (Å²) in [5.41, 5.74) is 0.306. The van der Waals surface area contributed by atoms with E-state index >= 15 is 0 Å². The molecule has 0 aliphatic heterocycles. The third kappa shape index (κ3) is 4.89. The van der Waals surface area contributed by atoms with E-state index in [1.54, 1.807) is 25.1 Å². The number of halogens is 1. The monoisotopic (exact) mass is 504 g/mol. The fraction of sp³-hybridized carbons (Fsp3) is 0.300. The number of rotatable bonds is 9. The van der Waals surface area contributed by atoms with Crippen LogP contribution in [0.1, 0.15) is 18.6 Å². The van der Waals surface area contributed by atoms with Gasteiger partial charge in [-0.1, -0.05) is 6.07 Å². The van der Waals surface area contributed by atoms with Crippen LogP contribution in [0, 0.1) is 12.7 Å². The number of nitrogens with zero attached hydrogens (tertiary/aromatic N) is 7. The van der Waals surface area contributed by atoms with Gasteiger partial charge in [-0.05, 0) is 19.1 Å². The van der Waals surface area contributed by atoms with Gasteiger partial charge in [-0.3, -0.25) is 4.72 Å². The number of para-hydroxylation sites is 1. The summed E-state index contributed by atoms with van der Waals surface area (Å²) in [6, 6.07) is 5.03. The summed E-state index contributed by atoms with van der Waals surface area (Å²) < 4.78 is 59.7. The van der Waals surface area contributed by atoms with Crippen molar-refractivity contribution in [3.8, 4) is 28.9 Å². The van der Waals surface area contributed by atoms with E-state index in [1.165, 1.54) is 25.7 Å². The van der Waals surface area contributed by atoms with Crippen LogP contribution in [0.4, 0.5) is 10.3 Å². The minimum absolute atomic E-state index is 0.00108. The van der Waals surface area contributed by atoms with Gasteiger partial charge >= 0.3 is 0 Å². The molecule has 3 aromatic heterocycles. The van der Waals surface area contributed by atoms with E-state index in [2.05, 4.69) is 35.1 Å². The zero-order chi connectivity index (χ0) is 25.2. The Morgan fingerprint density at radius 2 is 1.74 bits per heavy atom. The molecular weight excluding hydrogens is 483 g/mol. The first-order valence-electron chi connectivity index (χ1n) is 10.2. The molecule has 0 amide bonds. The highest BCUT2D eigenvalue weighted by Gasteiger charge is 2.30. The molecule has 1 N–H and O–H groups in total. The Bertz CT molecular complexity index is 1420. The van der Waals surface area contributed by atoms with Crippen LogP contribution >= 0.6 is 0 Å². The zero-order valence-electron chi connectivity index (χ0n) is 19.1. The second-order valence-electron chi connectivity index (χ2n) is 7.30. The number of aryl methyl sites for hydroxylation is 1. The number of nitrogens with one attached hydrogen (secondary N) is 1. The molecule has 4 aromatic rings. The molecule has 1 aromatic carbocycles. The lowest BCUT2D eigenvalue weighted by atomic mass is 10.2. The molecule has 1 atom stereocenters. The van der Waals surface area contributed by atoms with Crippen LogP contribution in [-0.2, 0) is 16.4 Å². The van der Waals surface area contributed by atoms with Crippen LogP contribution in [-0.4, -0.2) is 62.8 Å². The van der Waals surface area contributed by atoms with Gasteiger partial charge in [0.2, 0.25) is 27.7 Å². The maximum atomic E-state index is 13.2. The molecule has 0 unspecified atom stereocenters. The molecule has 15 heteroatoms. The first kappa shape index (κ1) is 24.0. The molecule has 0 aliphatic carbocycles. The van der Waals surface area contributed by atoms with Crippen molar-refractivity contribution in [1.29, 1.82) is 0 Å². The van der Waals surface area contributed by atoms with Crippen LogP contribution in [0.3, 0.4) is 0 Å². The smallest absolute Gasteiger partial charge is 0.286 e. The number of hydrogen-bond donors (Lipinski definition) is 1. The molecule has 0 saturated heterocycles. The van der Waals surface area contributed by atoms with Gasteiger partial charge in [-0.15, -0.1) is 20.4 Å². The SMILES string of the molecule is COc1cccc(OC)c1-n1c(NS(=O)(=O)[C@H](C)Cc2ncc(F)cn2)nnc1-c1nnc(C)o1. The lowest BCUT2D eigenvalue weighted by Gasteiger charge is -2.18. The number of hydrogen-bond acceptors (Lipinski definition) is 11. The van der Waals surface area contributed by atoms with Crippen molar-refractivity contribution >= 4 is 16.0 Å². The van der Waals surface area contributed by atoms with Gasteiger partial charge in [0.1, 0.15) is 23.0 Å². The van der Waals surface area contributed by atoms with Gasteiger partial charge in [0.05, 0.1) is 31.9 Å². The lowest BCUT2D eigenvalue weighted by molar-refractivity contribution is 0.391. The number of anilines is 1. The van der Waals surface area contributed by atoms with Crippen LogP contribution in [0.5, 0.6) is 11.5 Å². The minimum atomic E-state index is -4.05. The average Bonchev–Trinajstić information content (AvgIpc) is 3.45. The van der Waals surface area contributed by atoms with E-state index in [0.717, 1.165) is 12.4 Å². The van der Waals surface area contributed by atoms with Crippen molar-refractivity contribution in [3.05, 3.63) is 48.1 Å². The van der Waals surface area contributed by atoms with Gasteiger partial charge < -0.3 is 13.9 Å². The first-order chi connectivity index (χ1) is 16.7. The summed E-state index contributed by atoms with van der Waals surface area (Å²) in [6.45, 7) is 3.06. The Balaban J connectivity index is 1.79. The summed E-state index contributed by atoms with van der Waals surface area (Å²) in [4.78, 5) is 7.65. The fourth-order valence-electron chi connectivity index (χ4n) is 3.18. The largest absolute Gasteiger partial charge is 0.494 e. The van der Waals surface area contributed by atoms with E-state index in [0.29, 0.717) is 17.2 Å². The molecule has 3 heterocycles. The zero-order valence-corrected chi connectivity index (χ0v) is 19.9. The van der Waals surface area contributed by atoms with Gasteiger partial charge in [-0.2, -0.15) is 0 Å². The van der Waals surface area contributed by atoms with Crippen LogP contribution in [0.15, 0.2) is 35.0 Å². The molecular formula is C20H21FN8O5S. The summed E-state index contributed by atoms with van der Waals surface area (Å²) in [7, 11) is -1.15. The predicted molar refractivity (Wildman–Crippen MR) is 120 cm³/mol. The topological polar surface area (TPSA) is 160 Å². The van der Waals surface area contributed by atoms with E-state index in [9.17, 15) is 12.8 Å². The molecule has 35 heavy (non-hydrogen) atoms. The lowest BCUT2D eigenvalue weighted by Crippen LogP contribution is -2.29. The maximum Gasteiger partial charge on any atom is 0.286 e. The van der Waals surface area contributed by atoms with Gasteiger partial charge in [0.15, 0.2) is 5.82 Å². The predicted octanol–water partition coefficient (Wildman–Crippen LogP) is 1.94. The minimum Gasteiger partial charge on any atom is -0.494 e. The maximum absolute atomic E-state index is 13.2. The Morgan fingerprint density at radius 3 is 2.31 bits per heavy atom. The van der Waals surface area contributed by atoms with Crippen molar-refractivity contribution in [2.24, 2.45) is 0 Å². The summed E-state index contributed by atoms with van der Waals surface area (Å²) in [6.07, 6.45) is 1.87. The van der Waals surface area contributed by atoms with Crippen molar-refractivity contribution in [2.75, 3.05) is 18.9 Å². The number of aromatic nitrogens is 7. The number of benzene rings is 1. The average molecular weight is 505 g/mol. The van der Waals surface area contributed by atoms with E-state index in [4.69, 9.17) is 13.9 Å². The molecule has 0 aliphatic rings. The molecule has 0 bridgehead atoms. The molecule has 184 valence electrons. The van der Waals surface area contributed by atoms with Crippen molar-refractivity contribution < 1.29 is 26.7 Å². The van der Waals surface area contributed by atoms with E-state index < -0.39 is 21.1 Å². The molecule has 0 radical (unpaired) electrons. The third-order valence-corrected chi connectivity index (χ3v) is 6.61.